The van der Waals surface area contributed by atoms with Gasteiger partial charge >= 0.3 is 11.9 Å². The van der Waals surface area contributed by atoms with E-state index in [2.05, 4.69) is 0 Å². The molecule has 0 saturated heterocycles. The number of aryl methyl sites for hydroxylation is 1. The molecule has 0 amide bonds. The second kappa shape index (κ2) is 5.74. The van der Waals surface area contributed by atoms with Crippen molar-refractivity contribution in [3.8, 4) is 11.5 Å². The number of rotatable bonds is 6. The van der Waals surface area contributed by atoms with E-state index >= 15 is 0 Å². The molecule has 6 nitrogen and oxygen atoms in total. The van der Waals surface area contributed by atoms with Crippen molar-refractivity contribution in [2.24, 2.45) is 0 Å². The minimum atomic E-state index is -1.06. The SMILES string of the molecule is Cc1cc(OCC(=O)O)ccc1OCC(=O)O. The van der Waals surface area contributed by atoms with E-state index < -0.39 is 25.2 Å². The monoisotopic (exact) mass is 240 g/mol. The minimum Gasteiger partial charge on any atom is -0.482 e. The Kier molecular flexibility index (Phi) is 4.33. The van der Waals surface area contributed by atoms with Gasteiger partial charge in [-0.1, -0.05) is 0 Å². The Bertz CT molecular complexity index is 426. The predicted molar refractivity (Wildman–Crippen MR) is 57.4 cm³/mol. The van der Waals surface area contributed by atoms with Crippen molar-refractivity contribution in [3.05, 3.63) is 23.8 Å². The summed E-state index contributed by atoms with van der Waals surface area (Å²) in [6, 6.07) is 4.64. The molecule has 0 bridgehead atoms. The van der Waals surface area contributed by atoms with Crippen LogP contribution in [0.5, 0.6) is 11.5 Å². The largest absolute Gasteiger partial charge is 0.482 e. The fraction of sp³-hybridized carbons (Fsp3) is 0.273. The second-order valence-corrected chi connectivity index (χ2v) is 3.29. The molecule has 0 radical (unpaired) electrons. The molecule has 2 N–H and O–H groups in total. The van der Waals surface area contributed by atoms with Crippen LogP contribution in [0.3, 0.4) is 0 Å². The maximum atomic E-state index is 10.3. The van der Waals surface area contributed by atoms with Gasteiger partial charge in [-0.15, -0.1) is 0 Å². The van der Waals surface area contributed by atoms with Crippen LogP contribution in [-0.4, -0.2) is 35.4 Å². The van der Waals surface area contributed by atoms with Crippen LogP contribution in [0, 0.1) is 6.92 Å². The number of carboxylic acid groups (broad SMARTS) is 2. The van der Waals surface area contributed by atoms with Gasteiger partial charge in [0.15, 0.2) is 13.2 Å². The summed E-state index contributed by atoms with van der Waals surface area (Å²) in [6.45, 7) is 0.871. The topological polar surface area (TPSA) is 93.1 Å². The third kappa shape index (κ3) is 4.42. The van der Waals surface area contributed by atoms with Crippen molar-refractivity contribution in [1.82, 2.24) is 0 Å². The predicted octanol–water partition coefficient (Wildman–Crippen LogP) is 0.922. The number of benzene rings is 1. The molecule has 17 heavy (non-hydrogen) atoms. The van der Waals surface area contributed by atoms with Crippen molar-refractivity contribution in [1.29, 1.82) is 0 Å². The van der Waals surface area contributed by atoms with Gasteiger partial charge in [-0.2, -0.15) is 0 Å². The van der Waals surface area contributed by atoms with Gasteiger partial charge in [-0.25, -0.2) is 9.59 Å². The molecular weight excluding hydrogens is 228 g/mol. The summed E-state index contributed by atoms with van der Waals surface area (Å²) in [6.07, 6.45) is 0. The smallest absolute Gasteiger partial charge is 0.341 e. The highest BCUT2D eigenvalue weighted by molar-refractivity contribution is 5.69. The Morgan fingerprint density at radius 1 is 1.12 bits per heavy atom. The molecular formula is C11H12O6. The molecule has 0 aromatic heterocycles. The van der Waals surface area contributed by atoms with Crippen LogP contribution in [-0.2, 0) is 9.59 Å². The van der Waals surface area contributed by atoms with E-state index in [1.807, 2.05) is 0 Å². The molecule has 0 unspecified atom stereocenters. The fourth-order valence-corrected chi connectivity index (χ4v) is 1.16. The quantitative estimate of drug-likeness (QED) is 0.768. The first-order chi connectivity index (χ1) is 7.99. The van der Waals surface area contributed by atoms with Gasteiger partial charge in [0.2, 0.25) is 0 Å². The van der Waals surface area contributed by atoms with Gasteiger partial charge in [-0.3, -0.25) is 0 Å². The summed E-state index contributed by atoms with van der Waals surface area (Å²) in [4.78, 5) is 20.6. The number of aliphatic carboxylic acids is 2. The highest BCUT2D eigenvalue weighted by Crippen LogP contribution is 2.23. The highest BCUT2D eigenvalue weighted by Gasteiger charge is 2.05. The van der Waals surface area contributed by atoms with E-state index in [1.165, 1.54) is 12.1 Å². The summed E-state index contributed by atoms with van der Waals surface area (Å²) in [7, 11) is 0. The molecule has 0 heterocycles. The number of hydrogen-bond donors (Lipinski definition) is 2. The first-order valence-electron chi connectivity index (χ1n) is 4.79. The third-order valence-electron chi connectivity index (χ3n) is 1.86. The van der Waals surface area contributed by atoms with E-state index in [4.69, 9.17) is 19.7 Å². The maximum Gasteiger partial charge on any atom is 0.341 e. The van der Waals surface area contributed by atoms with Crippen molar-refractivity contribution < 1.29 is 29.3 Å². The van der Waals surface area contributed by atoms with Gasteiger partial charge in [0.05, 0.1) is 0 Å². The van der Waals surface area contributed by atoms with Crippen LogP contribution in [0.25, 0.3) is 0 Å². The Labute approximate surface area is 97.4 Å². The summed E-state index contributed by atoms with van der Waals surface area (Å²) in [5, 5.41) is 16.9. The van der Waals surface area contributed by atoms with Gasteiger partial charge in [-0.05, 0) is 30.7 Å². The molecule has 1 aromatic carbocycles. The van der Waals surface area contributed by atoms with Crippen molar-refractivity contribution in [3.63, 3.8) is 0 Å². The number of hydrogen-bond acceptors (Lipinski definition) is 4. The number of ether oxygens (including phenoxy) is 2. The number of carboxylic acids is 2. The lowest BCUT2D eigenvalue weighted by molar-refractivity contribution is -0.140. The van der Waals surface area contributed by atoms with Crippen molar-refractivity contribution >= 4 is 11.9 Å². The van der Waals surface area contributed by atoms with E-state index in [-0.39, 0.29) is 0 Å². The summed E-state index contributed by atoms with van der Waals surface area (Å²) in [5.74, 6) is -1.30. The molecule has 6 heteroatoms. The molecule has 92 valence electrons. The van der Waals surface area contributed by atoms with Crippen LogP contribution < -0.4 is 9.47 Å². The average molecular weight is 240 g/mol. The molecule has 0 aliphatic carbocycles. The Morgan fingerprint density at radius 3 is 2.24 bits per heavy atom. The molecule has 0 fully saturated rings. The Morgan fingerprint density at radius 2 is 1.71 bits per heavy atom. The van der Waals surface area contributed by atoms with Crippen LogP contribution in [0.4, 0.5) is 0 Å². The zero-order valence-electron chi connectivity index (χ0n) is 9.17. The van der Waals surface area contributed by atoms with Crippen LogP contribution in [0.15, 0.2) is 18.2 Å². The van der Waals surface area contributed by atoms with Gasteiger partial charge in [0.25, 0.3) is 0 Å². The zero-order valence-corrected chi connectivity index (χ0v) is 9.17. The van der Waals surface area contributed by atoms with Gasteiger partial charge < -0.3 is 19.7 Å². The normalized spacial score (nSPS) is 9.71. The molecule has 0 aliphatic heterocycles. The third-order valence-corrected chi connectivity index (χ3v) is 1.86. The van der Waals surface area contributed by atoms with Gasteiger partial charge in [0, 0.05) is 0 Å². The molecule has 1 aromatic rings. The average Bonchev–Trinajstić information content (AvgIpc) is 2.24. The first kappa shape index (κ1) is 12.8. The zero-order chi connectivity index (χ0) is 12.8. The minimum absolute atomic E-state index is 0.396. The maximum absolute atomic E-state index is 10.3. The summed E-state index contributed by atoms with van der Waals surface area (Å²) in [5.41, 5.74) is 0.675. The summed E-state index contributed by atoms with van der Waals surface area (Å²) >= 11 is 0. The Balaban J connectivity index is 2.65. The van der Waals surface area contributed by atoms with E-state index in [1.54, 1.807) is 13.0 Å². The van der Waals surface area contributed by atoms with E-state index in [9.17, 15) is 9.59 Å². The lowest BCUT2D eigenvalue weighted by Crippen LogP contribution is -2.11. The molecule has 0 atom stereocenters. The molecule has 0 aliphatic rings. The van der Waals surface area contributed by atoms with E-state index in [0.717, 1.165) is 0 Å². The molecule has 0 saturated carbocycles. The summed E-state index contributed by atoms with van der Waals surface area (Å²) < 4.78 is 9.96. The standard InChI is InChI=1S/C11H12O6/c1-7-4-8(16-5-10(12)13)2-3-9(7)17-6-11(14)15/h2-4H,5-6H2,1H3,(H,12,13)(H,14,15). The van der Waals surface area contributed by atoms with Crippen molar-refractivity contribution in [2.75, 3.05) is 13.2 Å². The lowest BCUT2D eigenvalue weighted by atomic mass is 10.2. The van der Waals surface area contributed by atoms with Crippen molar-refractivity contribution in [2.45, 2.75) is 6.92 Å². The van der Waals surface area contributed by atoms with Crippen LogP contribution in [0.2, 0.25) is 0 Å². The highest BCUT2D eigenvalue weighted by atomic mass is 16.5. The molecule has 1 rings (SSSR count). The van der Waals surface area contributed by atoms with Crippen LogP contribution in [0.1, 0.15) is 5.56 Å². The lowest BCUT2D eigenvalue weighted by Gasteiger charge is -2.09. The molecule has 0 spiro atoms. The van der Waals surface area contributed by atoms with E-state index in [0.29, 0.717) is 17.1 Å². The Hall–Kier alpha value is -2.24. The first-order valence-corrected chi connectivity index (χ1v) is 4.79. The van der Waals surface area contributed by atoms with Gasteiger partial charge in [0.1, 0.15) is 11.5 Å². The number of carbonyl (C=O) groups is 2. The second-order valence-electron chi connectivity index (χ2n) is 3.29. The van der Waals surface area contributed by atoms with Crippen LogP contribution >= 0.6 is 0 Å². The fourth-order valence-electron chi connectivity index (χ4n) is 1.16.